The number of hydrogen-bond donors (Lipinski definition) is 3. The molecular formula is C26H40N6O4. The molecule has 3 N–H and O–H groups in total. The number of carbonyl (C=O) groups is 4. The molecule has 2 aliphatic heterocycles. The summed E-state index contributed by atoms with van der Waals surface area (Å²) in [6, 6.07) is -0.568. The summed E-state index contributed by atoms with van der Waals surface area (Å²) in [7, 11) is 3.22. The molecule has 2 aliphatic carbocycles. The quantitative estimate of drug-likeness (QED) is 0.504. The summed E-state index contributed by atoms with van der Waals surface area (Å²) in [5.74, 6) is -0.837. The Hall–Kier alpha value is -2.83. The number of nitriles is 1. The largest absolute Gasteiger partial charge is 0.350 e. The summed E-state index contributed by atoms with van der Waals surface area (Å²) < 4.78 is 0. The third kappa shape index (κ3) is 4.64. The van der Waals surface area contributed by atoms with E-state index in [4.69, 9.17) is 0 Å². The number of carbonyl (C=O) groups excluding carboxylic acids is 4. The fourth-order valence-electron chi connectivity index (χ4n) is 6.22. The lowest BCUT2D eigenvalue weighted by Gasteiger charge is -2.38. The van der Waals surface area contributed by atoms with Crippen LogP contribution in [0.25, 0.3) is 0 Å². The second-order valence-corrected chi connectivity index (χ2v) is 13.1. The molecule has 0 bridgehead atoms. The molecule has 2 heterocycles. The molecule has 6 atom stereocenters. The third-order valence-electron chi connectivity index (χ3n) is 8.79. The minimum atomic E-state index is -0.813. The molecule has 0 aromatic carbocycles. The van der Waals surface area contributed by atoms with E-state index in [1.807, 2.05) is 20.8 Å². The minimum Gasteiger partial charge on any atom is -0.350 e. The Morgan fingerprint density at radius 2 is 1.86 bits per heavy atom. The highest BCUT2D eigenvalue weighted by molar-refractivity contribution is 5.94. The first-order valence-electron chi connectivity index (χ1n) is 12.9. The van der Waals surface area contributed by atoms with E-state index < -0.39 is 23.5 Å². The van der Waals surface area contributed by atoms with Gasteiger partial charge in [-0.3, -0.25) is 14.4 Å². The van der Waals surface area contributed by atoms with Crippen molar-refractivity contribution in [2.75, 3.05) is 20.6 Å². The summed E-state index contributed by atoms with van der Waals surface area (Å²) in [6.07, 6.45) is 2.90. The van der Waals surface area contributed by atoms with Crippen molar-refractivity contribution in [1.29, 1.82) is 5.26 Å². The predicted octanol–water partition coefficient (Wildman–Crippen LogP) is 1.22. The summed E-state index contributed by atoms with van der Waals surface area (Å²) in [6.45, 7) is 10.3. The maximum atomic E-state index is 13.8. The van der Waals surface area contributed by atoms with E-state index in [1.165, 1.54) is 4.90 Å². The summed E-state index contributed by atoms with van der Waals surface area (Å²) >= 11 is 0. The van der Waals surface area contributed by atoms with Crippen LogP contribution < -0.4 is 16.0 Å². The molecule has 0 aromatic heterocycles. The van der Waals surface area contributed by atoms with Gasteiger partial charge in [0.2, 0.25) is 17.7 Å². The lowest BCUT2D eigenvalue weighted by atomic mass is 9.85. The smallest absolute Gasteiger partial charge is 0.317 e. The van der Waals surface area contributed by atoms with Crippen LogP contribution in [0, 0.1) is 39.9 Å². The van der Waals surface area contributed by atoms with Crippen molar-refractivity contribution in [3.8, 4) is 6.07 Å². The Balaban J connectivity index is 1.50. The normalized spacial score (nSPS) is 30.5. The molecule has 2 saturated carbocycles. The molecule has 4 fully saturated rings. The summed E-state index contributed by atoms with van der Waals surface area (Å²) in [4.78, 5) is 55.2. The average molecular weight is 501 g/mol. The Labute approximate surface area is 213 Å². The fourth-order valence-corrected chi connectivity index (χ4v) is 6.22. The molecular weight excluding hydrogens is 460 g/mol. The maximum absolute atomic E-state index is 13.8. The van der Waals surface area contributed by atoms with Crippen molar-refractivity contribution < 1.29 is 19.2 Å². The van der Waals surface area contributed by atoms with E-state index in [2.05, 4.69) is 35.9 Å². The van der Waals surface area contributed by atoms with Gasteiger partial charge in [0.05, 0.1) is 6.07 Å². The van der Waals surface area contributed by atoms with Crippen LogP contribution in [0.2, 0.25) is 0 Å². The number of likely N-dealkylation sites (tertiary alicyclic amines) is 1. The monoisotopic (exact) mass is 500 g/mol. The molecule has 0 unspecified atom stereocenters. The standard InChI is InChI=1S/C26H40N6O4/c1-24(2,3)19(29-23(36)31(6)7)22(35)32-13-16-17(25(16,4)5)18(32)21(34)28-15(12-27)10-14-11-26(8-9-26)30-20(14)33/h14-19H,8-11,13H2,1-7H3,(H,28,34)(H,29,36)(H,30,33)/t14-,15+,16+,17+,18+,19-/m1/s1. The first-order chi connectivity index (χ1) is 16.6. The van der Waals surface area contributed by atoms with Crippen LogP contribution in [0.4, 0.5) is 4.79 Å². The van der Waals surface area contributed by atoms with Gasteiger partial charge in [-0.1, -0.05) is 34.6 Å². The Kier molecular flexibility index (Phi) is 6.29. The number of hydrogen-bond acceptors (Lipinski definition) is 5. The fraction of sp³-hybridized carbons (Fsp3) is 0.808. The van der Waals surface area contributed by atoms with E-state index in [9.17, 15) is 24.4 Å². The highest BCUT2D eigenvalue weighted by Gasteiger charge is 2.70. The van der Waals surface area contributed by atoms with E-state index in [1.54, 1.807) is 19.0 Å². The van der Waals surface area contributed by atoms with Crippen LogP contribution in [0.5, 0.6) is 0 Å². The molecule has 0 aromatic rings. The lowest BCUT2D eigenvalue weighted by Crippen LogP contribution is -2.60. The number of nitrogens with zero attached hydrogens (tertiary/aromatic N) is 3. The van der Waals surface area contributed by atoms with E-state index in [0.29, 0.717) is 13.0 Å². The van der Waals surface area contributed by atoms with Gasteiger partial charge < -0.3 is 25.8 Å². The van der Waals surface area contributed by atoms with Gasteiger partial charge in [-0.05, 0) is 48.3 Å². The molecule has 36 heavy (non-hydrogen) atoms. The van der Waals surface area contributed by atoms with Crippen LogP contribution in [0.15, 0.2) is 0 Å². The Morgan fingerprint density at radius 3 is 2.36 bits per heavy atom. The first kappa shape index (κ1) is 26.2. The molecule has 4 aliphatic rings. The van der Waals surface area contributed by atoms with E-state index in [-0.39, 0.29) is 58.9 Å². The van der Waals surface area contributed by atoms with Gasteiger partial charge >= 0.3 is 6.03 Å². The number of amides is 5. The molecule has 0 radical (unpaired) electrons. The van der Waals surface area contributed by atoms with Gasteiger partial charge in [0.15, 0.2) is 0 Å². The zero-order valence-electron chi connectivity index (χ0n) is 22.5. The lowest BCUT2D eigenvalue weighted by molar-refractivity contribution is -0.143. The van der Waals surface area contributed by atoms with Gasteiger partial charge in [0.1, 0.15) is 18.1 Å². The van der Waals surface area contributed by atoms with Crippen molar-refractivity contribution in [2.45, 2.75) is 84.0 Å². The van der Waals surface area contributed by atoms with Crippen LogP contribution in [0.3, 0.4) is 0 Å². The van der Waals surface area contributed by atoms with Gasteiger partial charge in [-0.2, -0.15) is 5.26 Å². The van der Waals surface area contributed by atoms with Gasteiger partial charge in [-0.15, -0.1) is 0 Å². The number of rotatable bonds is 6. The molecule has 4 rings (SSSR count). The second kappa shape index (κ2) is 8.63. The highest BCUT2D eigenvalue weighted by Crippen LogP contribution is 2.65. The van der Waals surface area contributed by atoms with E-state index in [0.717, 1.165) is 12.8 Å². The van der Waals surface area contributed by atoms with Crippen molar-refractivity contribution in [2.24, 2.45) is 28.6 Å². The molecule has 1 spiro atoms. The Bertz CT molecular complexity index is 1000. The molecule has 5 amide bonds. The zero-order chi connectivity index (χ0) is 26.8. The molecule has 10 heteroatoms. The average Bonchev–Trinajstić information content (AvgIpc) is 3.49. The van der Waals surface area contributed by atoms with Crippen LogP contribution >= 0.6 is 0 Å². The third-order valence-corrected chi connectivity index (χ3v) is 8.79. The number of nitrogens with one attached hydrogen (secondary N) is 3. The van der Waals surface area contributed by atoms with Crippen molar-refractivity contribution in [1.82, 2.24) is 25.8 Å². The van der Waals surface area contributed by atoms with Gasteiger partial charge in [0.25, 0.3) is 0 Å². The highest BCUT2D eigenvalue weighted by atomic mass is 16.2. The SMILES string of the molecule is CN(C)C(=O)N[C@H](C(=O)N1C[C@H]2[C@@H]([C@H]1C(=O)N[C@H](C#N)C[C@@H]1CC3(CC3)NC1=O)C2(C)C)C(C)(C)C. The van der Waals surface area contributed by atoms with Crippen LogP contribution in [0.1, 0.15) is 60.3 Å². The topological polar surface area (TPSA) is 135 Å². The summed E-state index contributed by atoms with van der Waals surface area (Å²) in [5, 5.41) is 18.5. The predicted molar refractivity (Wildman–Crippen MR) is 132 cm³/mol. The molecule has 2 saturated heterocycles. The van der Waals surface area contributed by atoms with Gasteiger partial charge in [0, 0.05) is 32.1 Å². The van der Waals surface area contributed by atoms with Crippen molar-refractivity contribution in [3.05, 3.63) is 0 Å². The van der Waals surface area contributed by atoms with E-state index >= 15 is 0 Å². The minimum absolute atomic E-state index is 0.0181. The van der Waals surface area contributed by atoms with Crippen molar-refractivity contribution in [3.63, 3.8) is 0 Å². The van der Waals surface area contributed by atoms with Crippen molar-refractivity contribution >= 4 is 23.8 Å². The number of fused-ring (bicyclic) bond motifs is 1. The maximum Gasteiger partial charge on any atom is 0.317 e. The first-order valence-corrected chi connectivity index (χ1v) is 12.9. The van der Waals surface area contributed by atoms with Crippen LogP contribution in [-0.2, 0) is 14.4 Å². The second-order valence-electron chi connectivity index (χ2n) is 13.1. The number of urea groups is 1. The van der Waals surface area contributed by atoms with Crippen LogP contribution in [-0.4, -0.2) is 77.9 Å². The Morgan fingerprint density at radius 1 is 1.22 bits per heavy atom. The molecule has 10 nitrogen and oxygen atoms in total. The summed E-state index contributed by atoms with van der Waals surface area (Å²) in [5.41, 5.74) is -0.755. The zero-order valence-corrected chi connectivity index (χ0v) is 22.5. The number of piperidine rings is 1. The molecule has 198 valence electrons. The van der Waals surface area contributed by atoms with Gasteiger partial charge in [-0.25, -0.2) is 4.79 Å².